The van der Waals surface area contributed by atoms with Crippen molar-refractivity contribution in [1.82, 2.24) is 40.4 Å². The van der Waals surface area contributed by atoms with Gasteiger partial charge >= 0.3 is 17.9 Å². The number of amides is 3. The molecule has 12 nitrogen and oxygen atoms in total. The Hall–Kier alpha value is -3.96. The van der Waals surface area contributed by atoms with E-state index in [2.05, 4.69) is 35.1 Å². The van der Waals surface area contributed by atoms with E-state index in [-0.39, 0.29) is 31.6 Å². The van der Waals surface area contributed by atoms with Gasteiger partial charge in [0.05, 0.1) is 37.7 Å². The summed E-state index contributed by atoms with van der Waals surface area (Å²) in [5.41, 5.74) is 1.39. The van der Waals surface area contributed by atoms with Crippen LogP contribution >= 0.6 is 0 Å². The molecule has 18 heteroatoms. The van der Waals surface area contributed by atoms with Crippen molar-refractivity contribution in [1.29, 1.82) is 0 Å². The second kappa shape index (κ2) is 14.0. The summed E-state index contributed by atoms with van der Waals surface area (Å²) < 4.78 is 89.2. The molecule has 0 bridgehead atoms. The fourth-order valence-corrected chi connectivity index (χ4v) is 4.10. The molecule has 0 aromatic carbocycles. The average Bonchev–Trinajstić information content (AvgIpc) is 3.54. The number of methoxy groups -OCH3 is 1. The summed E-state index contributed by atoms with van der Waals surface area (Å²) in [5.74, 6) is -11.6. The third-order valence-corrected chi connectivity index (χ3v) is 6.36. The van der Waals surface area contributed by atoms with Gasteiger partial charge in [-0.25, -0.2) is 27.7 Å². The predicted molar refractivity (Wildman–Crippen MR) is 138 cm³/mol. The van der Waals surface area contributed by atoms with E-state index in [9.17, 15) is 35.9 Å². The van der Waals surface area contributed by atoms with Crippen LogP contribution in [0.5, 0.6) is 0 Å². The summed E-state index contributed by atoms with van der Waals surface area (Å²) in [6.07, 6.45) is 5.49. The minimum absolute atomic E-state index is 0.0274. The molecule has 3 aromatic heterocycles. The Morgan fingerprint density at radius 2 is 1.77 bits per heavy atom. The number of hydrogen-bond acceptors (Lipinski definition) is 8. The minimum Gasteiger partial charge on any atom is -0.388 e. The van der Waals surface area contributed by atoms with E-state index < -0.39 is 42.8 Å². The van der Waals surface area contributed by atoms with Crippen molar-refractivity contribution >= 4 is 17.6 Å². The molecule has 2 fully saturated rings. The highest BCUT2D eigenvalue weighted by atomic mass is 19.3. The molecule has 0 spiro atoms. The third-order valence-electron chi connectivity index (χ3n) is 6.36. The fraction of sp³-hybridized carbons (Fsp3) is 0.600. The molecule has 1 saturated heterocycles. The van der Waals surface area contributed by atoms with Gasteiger partial charge in [-0.3, -0.25) is 4.79 Å². The van der Waals surface area contributed by atoms with Crippen molar-refractivity contribution in [2.24, 2.45) is 0 Å². The van der Waals surface area contributed by atoms with Gasteiger partial charge in [-0.2, -0.15) is 22.7 Å². The molecule has 3 aromatic rings. The van der Waals surface area contributed by atoms with Gasteiger partial charge in [-0.1, -0.05) is 11.6 Å². The van der Waals surface area contributed by atoms with Gasteiger partial charge in [0.1, 0.15) is 5.69 Å². The smallest absolute Gasteiger partial charge is 0.329 e. The molecule has 2 aliphatic rings. The van der Waals surface area contributed by atoms with Gasteiger partial charge < -0.3 is 20.3 Å². The maximum atomic E-state index is 13.8. The number of nitrogens with one attached hydrogen (secondary N) is 2. The van der Waals surface area contributed by atoms with Crippen molar-refractivity contribution in [2.75, 3.05) is 27.3 Å². The van der Waals surface area contributed by atoms with Crippen molar-refractivity contribution in [3.8, 4) is 0 Å². The zero-order chi connectivity index (χ0) is 31.8. The maximum absolute atomic E-state index is 13.8. The van der Waals surface area contributed by atoms with E-state index in [1.807, 2.05) is 0 Å². The summed E-state index contributed by atoms with van der Waals surface area (Å²) in [6.45, 7) is -1.69. The number of nitrogens with zero attached hydrogens (tertiary/aromatic N) is 6. The van der Waals surface area contributed by atoms with Crippen LogP contribution in [0.25, 0.3) is 5.65 Å². The van der Waals surface area contributed by atoms with E-state index in [1.54, 1.807) is 26.5 Å². The minimum atomic E-state index is -4.39. The Bertz CT molecular complexity index is 1370. The number of aryl methyl sites for hydroxylation is 1. The monoisotopic (exact) mass is 622 g/mol. The molecule has 5 rings (SSSR count). The lowest BCUT2D eigenvalue weighted by atomic mass is 9.97. The molecule has 3 amide bonds. The van der Waals surface area contributed by atoms with Gasteiger partial charge in [0.25, 0.3) is 5.91 Å². The predicted octanol–water partition coefficient (Wildman–Crippen LogP) is 3.99. The van der Waals surface area contributed by atoms with Crippen molar-refractivity contribution in [3.63, 3.8) is 0 Å². The van der Waals surface area contributed by atoms with Crippen LogP contribution in [0.2, 0.25) is 0 Å². The molecule has 238 valence electrons. The molecule has 2 N–H and O–H groups in total. The lowest BCUT2D eigenvalue weighted by Crippen LogP contribution is -2.48. The number of rotatable bonds is 5. The van der Waals surface area contributed by atoms with Crippen molar-refractivity contribution < 1.29 is 45.3 Å². The SMILES string of the molecule is COC.Cc1nonc1C(=O)NCc1cn2ncc(CN3CC(F)(F)C(F)(F)CNC3=O)cc2n1.FC1(F)CCCCC1. The van der Waals surface area contributed by atoms with E-state index in [4.69, 9.17) is 0 Å². The summed E-state index contributed by atoms with van der Waals surface area (Å²) in [5, 5.41) is 15.5. The van der Waals surface area contributed by atoms with Crippen LogP contribution in [0.15, 0.2) is 23.1 Å². The number of imidazole rings is 1. The molecular formula is C25H32F6N8O4. The van der Waals surface area contributed by atoms with Crippen molar-refractivity contribution in [3.05, 3.63) is 41.1 Å². The van der Waals surface area contributed by atoms with Crippen LogP contribution in [0.3, 0.4) is 0 Å². The van der Waals surface area contributed by atoms with Gasteiger partial charge in [0, 0.05) is 33.6 Å². The highest BCUT2D eigenvalue weighted by Crippen LogP contribution is 2.36. The molecule has 0 atom stereocenters. The number of carbonyl (C=O) groups is 2. The van der Waals surface area contributed by atoms with Gasteiger partial charge in [0.2, 0.25) is 5.92 Å². The van der Waals surface area contributed by atoms with E-state index in [0.717, 1.165) is 6.42 Å². The first-order valence-electron chi connectivity index (χ1n) is 13.1. The van der Waals surface area contributed by atoms with Gasteiger partial charge in [-0.15, -0.1) is 0 Å². The van der Waals surface area contributed by atoms with E-state index in [0.29, 0.717) is 40.3 Å². The molecule has 0 radical (unpaired) electrons. The quantitative estimate of drug-likeness (QED) is 0.408. The fourth-order valence-electron chi connectivity index (χ4n) is 4.10. The van der Waals surface area contributed by atoms with Gasteiger partial charge in [0.15, 0.2) is 11.3 Å². The number of carbonyl (C=O) groups excluding carboxylic acids is 2. The molecule has 1 aliphatic heterocycles. The molecule has 1 saturated carbocycles. The van der Waals surface area contributed by atoms with Crippen LogP contribution in [0.1, 0.15) is 59.5 Å². The number of ether oxygens (including phenoxy) is 1. The molecule has 1 aliphatic carbocycles. The molecule has 43 heavy (non-hydrogen) atoms. The Balaban J connectivity index is 0.000000389. The van der Waals surface area contributed by atoms with E-state index >= 15 is 0 Å². The van der Waals surface area contributed by atoms with Crippen LogP contribution in [-0.4, -0.2) is 86.8 Å². The summed E-state index contributed by atoms with van der Waals surface area (Å²) in [4.78, 5) is 28.9. The Labute approximate surface area is 242 Å². The molecule has 4 heterocycles. The first-order valence-corrected chi connectivity index (χ1v) is 13.1. The topological polar surface area (TPSA) is 140 Å². The summed E-state index contributed by atoms with van der Waals surface area (Å²) >= 11 is 0. The van der Waals surface area contributed by atoms with Crippen LogP contribution < -0.4 is 10.6 Å². The largest absolute Gasteiger partial charge is 0.388 e. The lowest BCUT2D eigenvalue weighted by molar-refractivity contribution is -0.204. The van der Waals surface area contributed by atoms with Gasteiger partial charge in [-0.05, 0) is 36.6 Å². The van der Waals surface area contributed by atoms with Crippen molar-refractivity contribution in [2.45, 2.75) is 69.9 Å². The van der Waals surface area contributed by atoms with E-state index in [1.165, 1.54) is 23.0 Å². The zero-order valence-electron chi connectivity index (χ0n) is 23.7. The first-order chi connectivity index (χ1) is 20.2. The Morgan fingerprint density at radius 3 is 2.35 bits per heavy atom. The standard InChI is InChI=1S/C17H16F4N8O3.C6H10F2.C2H6O/c1-9-13(27-32-26-9)14(30)22-4-11-6-29-12(25-11)2-10(3-24-29)5-28-8-17(20,21)16(18,19)7-23-15(28)31;7-6(8)4-2-1-3-5-6;1-3-2/h2-3,6H,4-5,7-8H2,1H3,(H,22,30)(H,23,31);1-5H2;1-2H3. The Morgan fingerprint density at radius 1 is 1.09 bits per heavy atom. The van der Waals surface area contributed by atoms with Crippen LogP contribution in [0.4, 0.5) is 31.1 Å². The second-order valence-corrected chi connectivity index (χ2v) is 10.0. The molecular weight excluding hydrogens is 590 g/mol. The number of urea groups is 1. The summed E-state index contributed by atoms with van der Waals surface area (Å²) in [6, 6.07) is 0.435. The number of aromatic nitrogens is 5. The second-order valence-electron chi connectivity index (χ2n) is 10.0. The normalized spacial score (nSPS) is 18.8. The third kappa shape index (κ3) is 9.01. The van der Waals surface area contributed by atoms with Crippen LogP contribution in [0, 0.1) is 6.92 Å². The number of fused-ring (bicyclic) bond motifs is 1. The highest BCUT2D eigenvalue weighted by molar-refractivity contribution is 5.92. The first kappa shape index (κ1) is 33.5. The zero-order valence-corrected chi connectivity index (χ0v) is 23.7. The number of hydrogen-bond donors (Lipinski definition) is 2. The average molecular weight is 623 g/mol. The maximum Gasteiger partial charge on any atom is 0.329 e. The number of halogens is 6. The summed E-state index contributed by atoms with van der Waals surface area (Å²) in [7, 11) is 3.25. The van der Waals surface area contributed by atoms with Crippen LogP contribution in [-0.2, 0) is 17.8 Å². The molecule has 0 unspecified atom stereocenters. The highest BCUT2D eigenvalue weighted by Gasteiger charge is 2.59. The number of alkyl halides is 6. The lowest BCUT2D eigenvalue weighted by Gasteiger charge is -2.26. The Kier molecular flexibility index (Phi) is 10.9.